The van der Waals surface area contributed by atoms with Crippen LogP contribution in [0.25, 0.3) is 10.9 Å². The smallest absolute Gasteiger partial charge is 0.387 e. The van der Waals surface area contributed by atoms with Gasteiger partial charge >= 0.3 is 12.6 Å². The van der Waals surface area contributed by atoms with Crippen LogP contribution in [0.2, 0.25) is 0 Å². The fraction of sp³-hybridized carbons (Fsp3) is 0.111. The van der Waals surface area contributed by atoms with Gasteiger partial charge in [-0.25, -0.2) is 4.79 Å². The summed E-state index contributed by atoms with van der Waals surface area (Å²) < 4.78 is 28.5. The van der Waals surface area contributed by atoms with E-state index in [1.165, 1.54) is 24.3 Å². The highest BCUT2D eigenvalue weighted by molar-refractivity contribution is 6.00. The molecule has 5 nitrogen and oxygen atoms in total. The van der Waals surface area contributed by atoms with Crippen LogP contribution in [0.4, 0.5) is 25.0 Å². The Morgan fingerprint density at radius 2 is 1.68 bits per heavy atom. The third kappa shape index (κ3) is 4.41. The second-order valence-corrected chi connectivity index (χ2v) is 5.34. The minimum absolute atomic E-state index is 0.0262. The molecule has 0 bridgehead atoms. The number of benzene rings is 2. The molecule has 0 saturated carbocycles. The lowest BCUT2D eigenvalue weighted by Gasteiger charge is -2.09. The fourth-order valence-corrected chi connectivity index (χ4v) is 2.32. The molecule has 2 N–H and O–H groups in total. The van der Waals surface area contributed by atoms with Crippen molar-refractivity contribution in [1.29, 1.82) is 0 Å². The summed E-state index contributed by atoms with van der Waals surface area (Å²) in [7, 11) is 0. The number of alkyl halides is 2. The summed E-state index contributed by atoms with van der Waals surface area (Å²) in [5.41, 5.74) is 2.84. The first-order chi connectivity index (χ1) is 12.0. The lowest BCUT2D eigenvalue weighted by Crippen LogP contribution is -2.19. The van der Waals surface area contributed by atoms with Crippen LogP contribution < -0.4 is 15.4 Å². The number of nitrogens with zero attached hydrogens (tertiary/aromatic N) is 1. The van der Waals surface area contributed by atoms with Crippen molar-refractivity contribution in [2.75, 3.05) is 10.6 Å². The van der Waals surface area contributed by atoms with Gasteiger partial charge in [0.25, 0.3) is 0 Å². The molecular formula is C18H15F2N3O2. The molecule has 1 aromatic heterocycles. The third-order valence-corrected chi connectivity index (χ3v) is 3.42. The monoisotopic (exact) mass is 343 g/mol. The predicted molar refractivity (Wildman–Crippen MR) is 92.2 cm³/mol. The quantitative estimate of drug-likeness (QED) is 0.716. The maximum absolute atomic E-state index is 12.1. The molecule has 3 rings (SSSR count). The SMILES string of the molecule is Cc1ccc2cc(NC(=O)Nc3ccc(OC(F)F)cc3)ccc2n1. The first-order valence-electron chi connectivity index (χ1n) is 7.50. The van der Waals surface area contributed by atoms with Crippen molar-refractivity contribution in [3.63, 3.8) is 0 Å². The first kappa shape index (κ1) is 16.6. The summed E-state index contributed by atoms with van der Waals surface area (Å²) in [5, 5.41) is 6.25. The number of hydrogen-bond acceptors (Lipinski definition) is 3. The second kappa shape index (κ2) is 7.12. The van der Waals surface area contributed by atoms with Crippen LogP contribution in [-0.2, 0) is 0 Å². The van der Waals surface area contributed by atoms with E-state index in [0.29, 0.717) is 11.4 Å². The average molecular weight is 343 g/mol. The van der Waals surface area contributed by atoms with E-state index >= 15 is 0 Å². The van der Waals surface area contributed by atoms with Crippen molar-refractivity contribution in [1.82, 2.24) is 4.98 Å². The molecule has 0 unspecified atom stereocenters. The topological polar surface area (TPSA) is 63.2 Å². The van der Waals surface area contributed by atoms with Crippen LogP contribution in [0, 0.1) is 6.92 Å². The number of amides is 2. The van der Waals surface area contributed by atoms with Crippen LogP contribution in [-0.4, -0.2) is 17.6 Å². The Labute approximate surface area is 142 Å². The maximum Gasteiger partial charge on any atom is 0.387 e. The van der Waals surface area contributed by atoms with Crippen LogP contribution in [0.5, 0.6) is 5.75 Å². The Morgan fingerprint density at radius 1 is 1.00 bits per heavy atom. The molecule has 0 aliphatic rings. The highest BCUT2D eigenvalue weighted by atomic mass is 19.3. The van der Waals surface area contributed by atoms with Crippen molar-refractivity contribution in [3.05, 3.63) is 60.3 Å². The normalized spacial score (nSPS) is 10.7. The van der Waals surface area contributed by atoms with Gasteiger partial charge in [-0.1, -0.05) is 6.07 Å². The number of ether oxygens (including phenoxy) is 1. The summed E-state index contributed by atoms with van der Waals surface area (Å²) in [6.45, 7) is -0.968. The number of aryl methyl sites for hydroxylation is 1. The molecule has 1 heterocycles. The Bertz CT molecular complexity index is 898. The van der Waals surface area contributed by atoms with E-state index in [2.05, 4.69) is 20.4 Å². The fourth-order valence-electron chi connectivity index (χ4n) is 2.32. The standard InChI is InChI=1S/C18H15F2N3O2/c1-11-2-3-12-10-14(6-9-16(12)21-11)23-18(24)22-13-4-7-15(8-5-13)25-17(19)20/h2-10,17H,1H3,(H2,22,23,24). The molecule has 25 heavy (non-hydrogen) atoms. The van der Waals surface area contributed by atoms with Gasteiger partial charge in [-0.2, -0.15) is 8.78 Å². The zero-order valence-corrected chi connectivity index (χ0v) is 13.3. The summed E-state index contributed by atoms with van der Waals surface area (Å²) in [5.74, 6) is 0.0262. The van der Waals surface area contributed by atoms with Gasteiger partial charge in [-0.3, -0.25) is 4.98 Å². The highest BCUT2D eigenvalue weighted by Gasteiger charge is 2.06. The summed E-state index contributed by atoms with van der Waals surface area (Å²) in [6, 6.07) is 14.5. The molecule has 0 saturated heterocycles. The highest BCUT2D eigenvalue weighted by Crippen LogP contribution is 2.20. The summed E-state index contributed by atoms with van der Waals surface area (Å²) in [4.78, 5) is 16.4. The van der Waals surface area contributed by atoms with Gasteiger partial charge in [-0.15, -0.1) is 0 Å². The molecule has 0 radical (unpaired) electrons. The van der Waals surface area contributed by atoms with E-state index in [9.17, 15) is 13.6 Å². The number of aromatic nitrogens is 1. The van der Waals surface area contributed by atoms with Crippen LogP contribution in [0.15, 0.2) is 54.6 Å². The van der Waals surface area contributed by atoms with E-state index < -0.39 is 12.6 Å². The zero-order valence-electron chi connectivity index (χ0n) is 13.3. The van der Waals surface area contributed by atoms with Crippen molar-refractivity contribution in [3.8, 4) is 5.75 Å². The number of hydrogen-bond donors (Lipinski definition) is 2. The predicted octanol–water partition coefficient (Wildman–Crippen LogP) is 4.79. The largest absolute Gasteiger partial charge is 0.435 e. The van der Waals surface area contributed by atoms with E-state index in [4.69, 9.17) is 0 Å². The molecule has 0 aliphatic heterocycles. The number of carbonyl (C=O) groups excluding carboxylic acids is 1. The lowest BCUT2D eigenvalue weighted by molar-refractivity contribution is -0.0498. The molecule has 128 valence electrons. The lowest BCUT2D eigenvalue weighted by atomic mass is 10.2. The number of pyridine rings is 1. The van der Waals surface area contributed by atoms with Crippen molar-refractivity contribution in [2.45, 2.75) is 13.5 Å². The molecule has 0 spiro atoms. The molecule has 3 aromatic rings. The number of urea groups is 1. The van der Waals surface area contributed by atoms with Gasteiger partial charge in [0, 0.05) is 22.5 Å². The minimum Gasteiger partial charge on any atom is -0.435 e. The maximum atomic E-state index is 12.1. The van der Waals surface area contributed by atoms with Crippen LogP contribution in [0.3, 0.4) is 0 Å². The summed E-state index contributed by atoms with van der Waals surface area (Å²) >= 11 is 0. The van der Waals surface area contributed by atoms with E-state index in [1.807, 2.05) is 31.2 Å². The van der Waals surface area contributed by atoms with Crippen molar-refractivity contribution >= 4 is 28.3 Å². The first-order valence-corrected chi connectivity index (χ1v) is 7.50. The van der Waals surface area contributed by atoms with Crippen LogP contribution >= 0.6 is 0 Å². The number of carbonyl (C=O) groups is 1. The molecule has 2 aromatic carbocycles. The molecule has 0 fully saturated rings. The van der Waals surface area contributed by atoms with Crippen molar-refractivity contribution < 1.29 is 18.3 Å². The Balaban J connectivity index is 1.65. The summed E-state index contributed by atoms with van der Waals surface area (Å²) in [6.07, 6.45) is 0. The molecular weight excluding hydrogens is 328 g/mol. The third-order valence-electron chi connectivity index (χ3n) is 3.42. The number of nitrogens with one attached hydrogen (secondary N) is 2. The molecule has 0 atom stereocenters. The number of anilines is 2. The van der Waals surface area contributed by atoms with E-state index in [0.717, 1.165) is 16.6 Å². The van der Waals surface area contributed by atoms with Gasteiger partial charge in [0.15, 0.2) is 0 Å². The van der Waals surface area contributed by atoms with E-state index in [1.54, 1.807) is 6.07 Å². The van der Waals surface area contributed by atoms with Gasteiger partial charge in [0.2, 0.25) is 0 Å². The Hall–Kier alpha value is -3.22. The minimum atomic E-state index is -2.88. The van der Waals surface area contributed by atoms with Crippen LogP contribution in [0.1, 0.15) is 5.69 Å². The number of fused-ring (bicyclic) bond motifs is 1. The molecule has 0 aliphatic carbocycles. The van der Waals surface area contributed by atoms with E-state index in [-0.39, 0.29) is 5.75 Å². The Morgan fingerprint density at radius 3 is 2.40 bits per heavy atom. The van der Waals surface area contributed by atoms with Gasteiger partial charge < -0.3 is 15.4 Å². The van der Waals surface area contributed by atoms with Crippen molar-refractivity contribution in [2.24, 2.45) is 0 Å². The zero-order chi connectivity index (χ0) is 17.8. The molecule has 7 heteroatoms. The number of rotatable bonds is 4. The van der Waals surface area contributed by atoms with Gasteiger partial charge in [0.1, 0.15) is 5.75 Å². The average Bonchev–Trinajstić information content (AvgIpc) is 2.56. The second-order valence-electron chi connectivity index (χ2n) is 5.34. The number of halogens is 2. The van der Waals surface area contributed by atoms with Gasteiger partial charge in [-0.05, 0) is 55.5 Å². The van der Waals surface area contributed by atoms with Gasteiger partial charge in [0.05, 0.1) is 5.52 Å². The molecule has 2 amide bonds. The Kier molecular flexibility index (Phi) is 4.74.